The molecule has 0 fully saturated rings. The second-order valence-corrected chi connectivity index (χ2v) is 5.68. The summed E-state index contributed by atoms with van der Waals surface area (Å²) in [6, 6.07) is 8.62. The van der Waals surface area contributed by atoms with E-state index in [-0.39, 0.29) is 27.5 Å². The van der Waals surface area contributed by atoms with Gasteiger partial charge in [-0.05, 0) is 35.4 Å². The normalized spacial score (nSPS) is 8.93. The smallest absolute Gasteiger partial charge is 0.292 e. The highest BCUT2D eigenvalue weighted by Crippen LogP contribution is 2.39. The fourth-order valence-corrected chi connectivity index (χ4v) is 2.67. The van der Waals surface area contributed by atoms with Crippen molar-refractivity contribution in [3.8, 4) is 48.0 Å². The molecule has 2 aromatic rings. The second-order valence-electron chi connectivity index (χ2n) is 4.73. The van der Waals surface area contributed by atoms with Gasteiger partial charge in [-0.15, -0.1) is 21.0 Å². The highest BCUT2D eigenvalue weighted by Gasteiger charge is 2.17. The standard InChI is InChI=1S/C18H6Cl2N4O4/c19-18(20)17(11-1-3-13(25-7-21)15(5-11)27-9-23)12-2-4-14(26-8-22)16(6-12)28-10-24/h1-6H. The molecule has 8 nitrogen and oxygen atoms in total. The first-order valence-electron chi connectivity index (χ1n) is 7.13. The molecule has 0 saturated carbocycles. The van der Waals surface area contributed by atoms with Crippen LogP contribution in [0.5, 0.6) is 23.0 Å². The molecule has 0 aliphatic heterocycles. The highest BCUT2D eigenvalue weighted by atomic mass is 35.5. The summed E-state index contributed by atoms with van der Waals surface area (Å²) in [4.78, 5) is 0. The molecule has 0 spiro atoms. The molecule has 0 bridgehead atoms. The number of rotatable bonds is 6. The number of nitrogens with zero attached hydrogens (tertiary/aromatic N) is 4. The molecule has 10 heteroatoms. The number of halogens is 2. The molecule has 0 atom stereocenters. The lowest BCUT2D eigenvalue weighted by atomic mass is 9.98. The van der Waals surface area contributed by atoms with E-state index in [0.29, 0.717) is 16.7 Å². The van der Waals surface area contributed by atoms with Crippen LogP contribution in [0.3, 0.4) is 0 Å². The van der Waals surface area contributed by atoms with Gasteiger partial charge in [0.25, 0.3) is 25.0 Å². The molecule has 136 valence electrons. The van der Waals surface area contributed by atoms with E-state index in [4.69, 9.17) is 63.2 Å². The SMILES string of the molecule is N#COc1ccc(C(=C(Cl)Cl)c2ccc(OC#N)c(OC#N)c2)cc1OC#N. The molecule has 0 aromatic heterocycles. The van der Waals surface area contributed by atoms with Crippen LogP contribution in [-0.2, 0) is 0 Å². The number of hydrogen-bond acceptors (Lipinski definition) is 8. The summed E-state index contributed by atoms with van der Waals surface area (Å²) >= 11 is 12.1. The van der Waals surface area contributed by atoms with Crippen molar-refractivity contribution < 1.29 is 18.9 Å². The molecule has 0 aliphatic rings. The second kappa shape index (κ2) is 9.57. The Morgan fingerprint density at radius 3 is 1.29 bits per heavy atom. The summed E-state index contributed by atoms with van der Waals surface area (Å²) in [6.07, 6.45) is 5.95. The van der Waals surface area contributed by atoms with Crippen molar-refractivity contribution in [1.29, 1.82) is 21.0 Å². The third-order valence-corrected chi connectivity index (χ3v) is 3.65. The number of nitriles is 4. The topological polar surface area (TPSA) is 132 Å². The maximum absolute atomic E-state index is 8.78. The maximum Gasteiger partial charge on any atom is 0.292 e. The van der Waals surface area contributed by atoms with Crippen molar-refractivity contribution in [3.05, 3.63) is 52.0 Å². The van der Waals surface area contributed by atoms with Crippen LogP contribution in [0.1, 0.15) is 11.1 Å². The third-order valence-electron chi connectivity index (χ3n) is 3.28. The zero-order valence-corrected chi connectivity index (χ0v) is 15.2. The summed E-state index contributed by atoms with van der Waals surface area (Å²) in [5, 5.41) is 34.9. The van der Waals surface area contributed by atoms with Crippen LogP contribution in [0.25, 0.3) is 5.57 Å². The van der Waals surface area contributed by atoms with E-state index in [2.05, 4.69) is 0 Å². The van der Waals surface area contributed by atoms with Gasteiger partial charge in [-0.25, -0.2) is 0 Å². The highest BCUT2D eigenvalue weighted by molar-refractivity contribution is 6.59. The molecular formula is C18H6Cl2N4O4. The van der Waals surface area contributed by atoms with E-state index in [1.54, 1.807) is 0 Å². The Morgan fingerprint density at radius 2 is 0.964 bits per heavy atom. The average Bonchev–Trinajstić information content (AvgIpc) is 2.66. The first-order valence-corrected chi connectivity index (χ1v) is 7.89. The Kier molecular flexibility index (Phi) is 6.92. The lowest BCUT2D eigenvalue weighted by Crippen LogP contribution is -1.96. The van der Waals surface area contributed by atoms with E-state index in [9.17, 15) is 0 Å². The van der Waals surface area contributed by atoms with Gasteiger partial charge < -0.3 is 18.9 Å². The quantitative estimate of drug-likeness (QED) is 0.640. The van der Waals surface area contributed by atoms with E-state index in [0.717, 1.165) is 0 Å². The Balaban J connectivity index is 2.61. The monoisotopic (exact) mass is 412 g/mol. The van der Waals surface area contributed by atoms with Crippen molar-refractivity contribution >= 4 is 28.8 Å². The number of ether oxygens (including phenoxy) is 4. The van der Waals surface area contributed by atoms with Crippen molar-refractivity contribution in [2.75, 3.05) is 0 Å². The first kappa shape index (κ1) is 20.2. The van der Waals surface area contributed by atoms with Crippen LogP contribution in [0.2, 0.25) is 0 Å². The average molecular weight is 413 g/mol. The van der Waals surface area contributed by atoms with Crippen molar-refractivity contribution in [3.63, 3.8) is 0 Å². The van der Waals surface area contributed by atoms with E-state index >= 15 is 0 Å². The van der Waals surface area contributed by atoms with Crippen LogP contribution in [0, 0.1) is 46.1 Å². The fourth-order valence-electron chi connectivity index (χ4n) is 2.24. The molecule has 0 amide bonds. The predicted molar refractivity (Wildman–Crippen MR) is 95.6 cm³/mol. The van der Waals surface area contributed by atoms with Gasteiger partial charge in [0.15, 0.2) is 23.0 Å². The van der Waals surface area contributed by atoms with Gasteiger partial charge in [0.05, 0.1) is 0 Å². The minimum Gasteiger partial charge on any atom is -0.384 e. The Hall–Kier alpha value is -4.08. The molecule has 0 heterocycles. The van der Waals surface area contributed by atoms with Gasteiger partial charge in [0, 0.05) is 5.57 Å². The van der Waals surface area contributed by atoms with Gasteiger partial charge in [-0.2, -0.15) is 0 Å². The zero-order valence-electron chi connectivity index (χ0n) is 13.6. The summed E-state index contributed by atoms with van der Waals surface area (Å²) in [5.74, 6) is -0.0358. The van der Waals surface area contributed by atoms with Gasteiger partial charge >= 0.3 is 0 Å². The Labute approximate surface area is 169 Å². The molecule has 0 unspecified atom stereocenters. The Bertz CT molecular complexity index is 1020. The Morgan fingerprint density at radius 1 is 0.607 bits per heavy atom. The van der Waals surface area contributed by atoms with Crippen molar-refractivity contribution in [2.24, 2.45) is 0 Å². The summed E-state index contributed by atoms with van der Waals surface area (Å²) in [5.41, 5.74) is 1.11. The summed E-state index contributed by atoms with van der Waals surface area (Å²) in [6.45, 7) is 0. The van der Waals surface area contributed by atoms with Gasteiger partial charge in [-0.1, -0.05) is 35.3 Å². The predicted octanol–water partition coefficient (Wildman–Crippen LogP) is 4.32. The molecule has 28 heavy (non-hydrogen) atoms. The van der Waals surface area contributed by atoms with Crippen LogP contribution >= 0.6 is 23.2 Å². The molecule has 0 aliphatic carbocycles. The van der Waals surface area contributed by atoms with Crippen LogP contribution < -0.4 is 18.9 Å². The number of benzene rings is 2. The van der Waals surface area contributed by atoms with Crippen LogP contribution in [0.4, 0.5) is 0 Å². The third kappa shape index (κ3) is 4.55. The lowest BCUT2D eigenvalue weighted by Gasteiger charge is -2.13. The van der Waals surface area contributed by atoms with Crippen LogP contribution in [-0.4, -0.2) is 0 Å². The van der Waals surface area contributed by atoms with E-state index < -0.39 is 0 Å². The minimum absolute atomic E-state index is 0.0177. The summed E-state index contributed by atoms with van der Waals surface area (Å²) in [7, 11) is 0. The maximum atomic E-state index is 8.78. The molecular weight excluding hydrogens is 407 g/mol. The molecule has 2 rings (SSSR count). The first-order chi connectivity index (χ1) is 13.5. The minimum atomic E-state index is -0.145. The van der Waals surface area contributed by atoms with Crippen molar-refractivity contribution in [2.45, 2.75) is 0 Å². The van der Waals surface area contributed by atoms with Crippen LogP contribution in [0.15, 0.2) is 40.9 Å². The van der Waals surface area contributed by atoms with Gasteiger partial charge in [0.1, 0.15) is 4.49 Å². The van der Waals surface area contributed by atoms with Gasteiger partial charge in [0.2, 0.25) is 0 Å². The molecule has 2 aromatic carbocycles. The van der Waals surface area contributed by atoms with Crippen molar-refractivity contribution in [1.82, 2.24) is 0 Å². The lowest BCUT2D eigenvalue weighted by molar-refractivity contribution is 0.441. The van der Waals surface area contributed by atoms with E-state index in [1.807, 2.05) is 0 Å². The molecule has 0 N–H and O–H groups in total. The van der Waals surface area contributed by atoms with Gasteiger partial charge in [-0.3, -0.25) is 0 Å². The summed E-state index contributed by atoms with van der Waals surface area (Å²) < 4.78 is 18.9. The largest absolute Gasteiger partial charge is 0.384 e. The zero-order chi connectivity index (χ0) is 20.5. The molecule has 0 saturated heterocycles. The number of hydrogen-bond donors (Lipinski definition) is 0. The van der Waals surface area contributed by atoms with E-state index in [1.165, 1.54) is 61.4 Å². The fraction of sp³-hybridized carbons (Fsp3) is 0. The molecule has 0 radical (unpaired) electrons.